The molecule has 3 nitrogen and oxygen atoms in total. The molecule has 0 radical (unpaired) electrons. The molecule has 1 aliphatic rings. The van der Waals surface area contributed by atoms with Gasteiger partial charge in [-0.3, -0.25) is 0 Å². The van der Waals surface area contributed by atoms with Gasteiger partial charge in [0.25, 0.3) is 0 Å². The SMILES string of the molecule is CNCc1ccc(OC2CCCCO2)cc1. The summed E-state index contributed by atoms with van der Waals surface area (Å²) >= 11 is 0. The third-order valence-corrected chi connectivity index (χ3v) is 2.71. The molecule has 0 aliphatic carbocycles. The van der Waals surface area contributed by atoms with Crippen molar-refractivity contribution in [2.75, 3.05) is 13.7 Å². The lowest BCUT2D eigenvalue weighted by Gasteiger charge is -2.23. The monoisotopic (exact) mass is 221 g/mol. The van der Waals surface area contributed by atoms with Gasteiger partial charge in [-0.15, -0.1) is 0 Å². The summed E-state index contributed by atoms with van der Waals surface area (Å²) in [7, 11) is 1.94. The molecule has 1 atom stereocenters. The first-order valence-corrected chi connectivity index (χ1v) is 5.90. The van der Waals surface area contributed by atoms with E-state index in [1.807, 2.05) is 19.2 Å². The van der Waals surface area contributed by atoms with Gasteiger partial charge in [0, 0.05) is 13.0 Å². The fraction of sp³-hybridized carbons (Fsp3) is 0.538. The first-order chi connectivity index (χ1) is 7.88. The van der Waals surface area contributed by atoms with Gasteiger partial charge in [-0.05, 0) is 37.6 Å². The van der Waals surface area contributed by atoms with Crippen molar-refractivity contribution in [3.05, 3.63) is 29.8 Å². The summed E-state index contributed by atoms with van der Waals surface area (Å²) in [5.41, 5.74) is 1.26. The number of rotatable bonds is 4. The Kier molecular flexibility index (Phi) is 4.19. The van der Waals surface area contributed by atoms with Crippen LogP contribution in [0.5, 0.6) is 5.75 Å². The summed E-state index contributed by atoms with van der Waals surface area (Å²) in [6, 6.07) is 8.17. The number of ether oxygens (including phenoxy) is 2. The summed E-state index contributed by atoms with van der Waals surface area (Å²) in [5.74, 6) is 0.895. The number of nitrogens with one attached hydrogen (secondary N) is 1. The number of benzene rings is 1. The Hall–Kier alpha value is -1.06. The lowest BCUT2D eigenvalue weighted by molar-refractivity contribution is -0.105. The topological polar surface area (TPSA) is 30.5 Å². The smallest absolute Gasteiger partial charge is 0.199 e. The van der Waals surface area contributed by atoms with Gasteiger partial charge in [-0.1, -0.05) is 12.1 Å². The van der Waals surface area contributed by atoms with Crippen molar-refractivity contribution < 1.29 is 9.47 Å². The molecule has 0 saturated carbocycles. The normalized spacial score (nSPS) is 20.7. The van der Waals surface area contributed by atoms with Gasteiger partial charge < -0.3 is 14.8 Å². The zero-order valence-corrected chi connectivity index (χ0v) is 9.74. The summed E-state index contributed by atoms with van der Waals surface area (Å²) in [6.07, 6.45) is 3.30. The predicted octanol–water partition coefficient (Wildman–Crippen LogP) is 2.31. The van der Waals surface area contributed by atoms with Crippen molar-refractivity contribution in [1.29, 1.82) is 0 Å². The first kappa shape index (κ1) is 11.4. The zero-order valence-electron chi connectivity index (χ0n) is 9.74. The molecule has 3 heteroatoms. The molecule has 0 bridgehead atoms. The van der Waals surface area contributed by atoms with Crippen molar-refractivity contribution in [2.24, 2.45) is 0 Å². The van der Waals surface area contributed by atoms with E-state index in [2.05, 4.69) is 17.4 Å². The standard InChI is InChI=1S/C13H19NO2/c1-14-10-11-5-7-12(8-6-11)16-13-4-2-3-9-15-13/h5-8,13-14H,2-4,9-10H2,1H3. The predicted molar refractivity (Wildman–Crippen MR) is 63.4 cm³/mol. The number of hydrogen-bond donors (Lipinski definition) is 1. The minimum Gasteiger partial charge on any atom is -0.465 e. The third kappa shape index (κ3) is 3.22. The van der Waals surface area contributed by atoms with Crippen LogP contribution in [0.25, 0.3) is 0 Å². The average Bonchev–Trinajstić information content (AvgIpc) is 2.33. The zero-order chi connectivity index (χ0) is 11.2. The minimum atomic E-state index is -0.0519. The van der Waals surface area contributed by atoms with E-state index in [0.717, 1.165) is 31.7 Å². The highest BCUT2D eigenvalue weighted by molar-refractivity contribution is 5.27. The van der Waals surface area contributed by atoms with E-state index < -0.39 is 0 Å². The van der Waals surface area contributed by atoms with E-state index in [0.29, 0.717) is 0 Å². The van der Waals surface area contributed by atoms with Crippen LogP contribution in [-0.2, 0) is 11.3 Å². The van der Waals surface area contributed by atoms with Gasteiger partial charge in [0.05, 0.1) is 6.61 Å². The van der Waals surface area contributed by atoms with Gasteiger partial charge in [-0.25, -0.2) is 0 Å². The van der Waals surface area contributed by atoms with E-state index in [-0.39, 0.29) is 6.29 Å². The highest BCUT2D eigenvalue weighted by Gasteiger charge is 2.14. The highest BCUT2D eigenvalue weighted by atomic mass is 16.7. The van der Waals surface area contributed by atoms with Crippen molar-refractivity contribution in [2.45, 2.75) is 32.1 Å². The molecule has 1 aliphatic heterocycles. The molecule has 0 amide bonds. The summed E-state index contributed by atoms with van der Waals surface area (Å²) in [5, 5.41) is 3.12. The Labute approximate surface area is 96.8 Å². The molecule has 1 aromatic carbocycles. The Morgan fingerprint density at radius 2 is 2.12 bits per heavy atom. The Morgan fingerprint density at radius 3 is 2.75 bits per heavy atom. The molecule has 1 saturated heterocycles. The van der Waals surface area contributed by atoms with Gasteiger partial charge in [0.2, 0.25) is 0 Å². The third-order valence-electron chi connectivity index (χ3n) is 2.71. The fourth-order valence-electron chi connectivity index (χ4n) is 1.85. The molecule has 88 valence electrons. The van der Waals surface area contributed by atoms with Crippen molar-refractivity contribution >= 4 is 0 Å². The van der Waals surface area contributed by atoms with E-state index in [1.54, 1.807) is 0 Å². The summed E-state index contributed by atoms with van der Waals surface area (Å²) in [6.45, 7) is 1.71. The quantitative estimate of drug-likeness (QED) is 0.846. The summed E-state index contributed by atoms with van der Waals surface area (Å²) < 4.78 is 11.3. The molecule has 0 spiro atoms. The first-order valence-electron chi connectivity index (χ1n) is 5.90. The van der Waals surface area contributed by atoms with Gasteiger partial charge in [0.1, 0.15) is 5.75 Å². The minimum absolute atomic E-state index is 0.0519. The van der Waals surface area contributed by atoms with Crippen LogP contribution in [0.3, 0.4) is 0 Å². The second-order valence-electron chi connectivity index (χ2n) is 4.09. The molecule has 0 aromatic heterocycles. The van der Waals surface area contributed by atoms with E-state index in [4.69, 9.17) is 9.47 Å². The van der Waals surface area contributed by atoms with Crippen molar-refractivity contribution in [1.82, 2.24) is 5.32 Å². The highest BCUT2D eigenvalue weighted by Crippen LogP contribution is 2.19. The van der Waals surface area contributed by atoms with Crippen LogP contribution in [0.4, 0.5) is 0 Å². The lowest BCUT2D eigenvalue weighted by Crippen LogP contribution is -2.24. The molecule has 1 fully saturated rings. The lowest BCUT2D eigenvalue weighted by atomic mass is 10.2. The summed E-state index contributed by atoms with van der Waals surface area (Å²) in [4.78, 5) is 0. The van der Waals surface area contributed by atoms with E-state index in [1.165, 1.54) is 12.0 Å². The maximum absolute atomic E-state index is 5.75. The Bertz CT molecular complexity index is 304. The maximum atomic E-state index is 5.75. The van der Waals surface area contributed by atoms with E-state index >= 15 is 0 Å². The van der Waals surface area contributed by atoms with Gasteiger partial charge in [-0.2, -0.15) is 0 Å². The van der Waals surface area contributed by atoms with Crippen LogP contribution in [0, 0.1) is 0 Å². The molecular formula is C13H19NO2. The number of hydrogen-bond acceptors (Lipinski definition) is 3. The molecular weight excluding hydrogens is 202 g/mol. The van der Waals surface area contributed by atoms with Gasteiger partial charge in [0.15, 0.2) is 6.29 Å². The average molecular weight is 221 g/mol. The largest absolute Gasteiger partial charge is 0.465 e. The van der Waals surface area contributed by atoms with Crippen LogP contribution in [0.1, 0.15) is 24.8 Å². The van der Waals surface area contributed by atoms with Crippen molar-refractivity contribution in [3.63, 3.8) is 0 Å². The van der Waals surface area contributed by atoms with Crippen LogP contribution in [0.15, 0.2) is 24.3 Å². The van der Waals surface area contributed by atoms with Gasteiger partial charge >= 0.3 is 0 Å². The molecule has 1 aromatic rings. The van der Waals surface area contributed by atoms with E-state index in [9.17, 15) is 0 Å². The molecule has 2 rings (SSSR count). The molecule has 1 heterocycles. The second kappa shape index (κ2) is 5.87. The van der Waals surface area contributed by atoms with Crippen LogP contribution in [0.2, 0.25) is 0 Å². The Balaban J connectivity index is 1.88. The fourth-order valence-corrected chi connectivity index (χ4v) is 1.85. The van der Waals surface area contributed by atoms with Crippen LogP contribution < -0.4 is 10.1 Å². The molecule has 1 N–H and O–H groups in total. The van der Waals surface area contributed by atoms with Crippen LogP contribution in [-0.4, -0.2) is 19.9 Å². The molecule has 16 heavy (non-hydrogen) atoms. The molecule has 1 unspecified atom stereocenters. The Morgan fingerprint density at radius 1 is 1.31 bits per heavy atom. The van der Waals surface area contributed by atoms with Crippen LogP contribution >= 0.6 is 0 Å². The van der Waals surface area contributed by atoms with Crippen molar-refractivity contribution in [3.8, 4) is 5.75 Å². The maximum Gasteiger partial charge on any atom is 0.199 e. The second-order valence-corrected chi connectivity index (χ2v) is 4.09.